The zero-order valence-corrected chi connectivity index (χ0v) is 14.2. The van der Waals surface area contributed by atoms with Gasteiger partial charge in [-0.3, -0.25) is 9.59 Å². The second-order valence-electron chi connectivity index (χ2n) is 5.57. The molecule has 27 heavy (non-hydrogen) atoms. The van der Waals surface area contributed by atoms with Crippen LogP contribution in [0.1, 0.15) is 16.1 Å². The summed E-state index contributed by atoms with van der Waals surface area (Å²) in [5.41, 5.74) is 0.694. The summed E-state index contributed by atoms with van der Waals surface area (Å²) in [5, 5.41) is 8.06. The van der Waals surface area contributed by atoms with E-state index in [1.54, 1.807) is 36.4 Å². The van der Waals surface area contributed by atoms with Crippen molar-refractivity contribution in [3.63, 3.8) is 0 Å². The van der Waals surface area contributed by atoms with Crippen molar-refractivity contribution in [2.75, 3.05) is 11.9 Å². The van der Waals surface area contributed by atoms with Crippen LogP contribution in [0, 0.1) is 5.82 Å². The van der Waals surface area contributed by atoms with Crippen molar-refractivity contribution >= 4 is 23.3 Å². The number of benzene rings is 1. The molecular formula is C19H17FN4O3. The lowest BCUT2D eigenvalue weighted by Gasteiger charge is -2.11. The number of anilines is 2. The lowest BCUT2D eigenvalue weighted by Crippen LogP contribution is -2.36. The van der Waals surface area contributed by atoms with E-state index in [0.29, 0.717) is 11.4 Å². The molecule has 2 amide bonds. The molecule has 0 aliphatic rings. The number of furan rings is 1. The molecule has 2 aromatic heterocycles. The quantitative estimate of drug-likeness (QED) is 0.596. The predicted octanol–water partition coefficient (Wildman–Crippen LogP) is 2.60. The van der Waals surface area contributed by atoms with E-state index >= 15 is 0 Å². The Bertz CT molecular complexity index is 928. The van der Waals surface area contributed by atoms with Gasteiger partial charge in [0.1, 0.15) is 17.4 Å². The number of aromatic nitrogens is 1. The van der Waals surface area contributed by atoms with Crippen molar-refractivity contribution in [2.24, 2.45) is 0 Å². The minimum absolute atomic E-state index is 0.201. The second kappa shape index (κ2) is 8.61. The highest BCUT2D eigenvalue weighted by atomic mass is 19.1. The molecule has 0 bridgehead atoms. The minimum Gasteiger partial charge on any atom is -0.467 e. The fraction of sp³-hybridized carbons (Fsp3) is 0.105. The Morgan fingerprint density at radius 3 is 2.74 bits per heavy atom. The summed E-state index contributed by atoms with van der Waals surface area (Å²) in [5.74, 6) is -0.367. The Morgan fingerprint density at radius 1 is 1.07 bits per heavy atom. The first-order valence-corrected chi connectivity index (χ1v) is 8.17. The van der Waals surface area contributed by atoms with Crippen LogP contribution in [0.15, 0.2) is 65.4 Å². The summed E-state index contributed by atoms with van der Waals surface area (Å²) < 4.78 is 18.4. The molecule has 0 atom stereocenters. The second-order valence-corrected chi connectivity index (χ2v) is 5.57. The van der Waals surface area contributed by atoms with Crippen molar-refractivity contribution in [2.45, 2.75) is 6.54 Å². The smallest absolute Gasteiger partial charge is 0.255 e. The average molecular weight is 368 g/mol. The highest BCUT2D eigenvalue weighted by Gasteiger charge is 2.14. The number of amides is 2. The van der Waals surface area contributed by atoms with Gasteiger partial charge in [-0.15, -0.1) is 0 Å². The first-order valence-electron chi connectivity index (χ1n) is 8.17. The van der Waals surface area contributed by atoms with E-state index in [1.165, 1.54) is 24.6 Å². The van der Waals surface area contributed by atoms with Gasteiger partial charge in [-0.25, -0.2) is 9.37 Å². The largest absolute Gasteiger partial charge is 0.467 e. The molecule has 138 valence electrons. The minimum atomic E-state index is -0.477. The maximum Gasteiger partial charge on any atom is 0.255 e. The Kier molecular flexibility index (Phi) is 5.78. The van der Waals surface area contributed by atoms with Gasteiger partial charge in [0, 0.05) is 11.9 Å². The molecule has 3 rings (SSSR count). The van der Waals surface area contributed by atoms with E-state index in [4.69, 9.17) is 4.42 Å². The van der Waals surface area contributed by atoms with Crippen LogP contribution in [-0.2, 0) is 11.3 Å². The van der Waals surface area contributed by atoms with Gasteiger partial charge in [-0.2, -0.15) is 0 Å². The van der Waals surface area contributed by atoms with E-state index in [9.17, 15) is 14.0 Å². The van der Waals surface area contributed by atoms with Crippen LogP contribution < -0.4 is 16.0 Å². The molecule has 7 nitrogen and oxygen atoms in total. The average Bonchev–Trinajstić information content (AvgIpc) is 3.18. The monoisotopic (exact) mass is 368 g/mol. The van der Waals surface area contributed by atoms with Crippen LogP contribution >= 0.6 is 0 Å². The van der Waals surface area contributed by atoms with Gasteiger partial charge >= 0.3 is 0 Å². The lowest BCUT2D eigenvalue weighted by molar-refractivity contribution is -0.120. The molecule has 0 saturated heterocycles. The maximum atomic E-state index is 13.3. The molecule has 8 heteroatoms. The summed E-state index contributed by atoms with van der Waals surface area (Å²) in [7, 11) is 0. The third-order valence-electron chi connectivity index (χ3n) is 3.59. The number of halogens is 1. The van der Waals surface area contributed by atoms with Gasteiger partial charge in [0.15, 0.2) is 0 Å². The standard InChI is InChI=1S/C19H17FN4O3/c20-13-4-1-5-14(10-13)24-18-16(7-2-8-21-18)19(26)23-12-17(25)22-11-15-6-3-9-27-15/h1-10H,11-12H2,(H,21,24)(H,22,25)(H,23,26). The van der Waals surface area contributed by atoms with Crippen molar-refractivity contribution in [3.8, 4) is 0 Å². The fourth-order valence-electron chi connectivity index (χ4n) is 2.31. The van der Waals surface area contributed by atoms with Crippen LogP contribution in [0.25, 0.3) is 0 Å². The van der Waals surface area contributed by atoms with Gasteiger partial charge in [0.25, 0.3) is 5.91 Å². The van der Waals surface area contributed by atoms with E-state index in [0.717, 1.165) is 0 Å². The molecule has 0 fully saturated rings. The van der Waals surface area contributed by atoms with Crippen LogP contribution in [-0.4, -0.2) is 23.3 Å². The highest BCUT2D eigenvalue weighted by molar-refractivity contribution is 6.00. The SMILES string of the molecule is O=C(CNC(=O)c1cccnc1Nc1cccc(F)c1)NCc1ccco1. The lowest BCUT2D eigenvalue weighted by atomic mass is 10.2. The van der Waals surface area contributed by atoms with Crippen LogP contribution in [0.5, 0.6) is 0 Å². The predicted molar refractivity (Wildman–Crippen MR) is 96.8 cm³/mol. The number of carbonyl (C=O) groups is 2. The molecule has 0 saturated carbocycles. The van der Waals surface area contributed by atoms with E-state index < -0.39 is 11.7 Å². The molecule has 0 radical (unpaired) electrons. The zero-order valence-electron chi connectivity index (χ0n) is 14.2. The van der Waals surface area contributed by atoms with E-state index in [2.05, 4.69) is 20.9 Å². The summed E-state index contributed by atoms with van der Waals surface area (Å²) in [4.78, 5) is 28.4. The number of nitrogens with zero attached hydrogens (tertiary/aromatic N) is 1. The van der Waals surface area contributed by atoms with Crippen molar-refractivity contribution in [1.29, 1.82) is 0 Å². The summed E-state index contributed by atoms with van der Waals surface area (Å²) >= 11 is 0. The van der Waals surface area contributed by atoms with Gasteiger partial charge in [0.05, 0.1) is 24.9 Å². The molecule has 3 N–H and O–H groups in total. The van der Waals surface area contributed by atoms with Crippen LogP contribution in [0.3, 0.4) is 0 Å². The summed E-state index contributed by atoms with van der Waals surface area (Å²) in [6.45, 7) is 0.0365. The fourth-order valence-corrected chi connectivity index (χ4v) is 2.31. The normalized spacial score (nSPS) is 10.3. The zero-order chi connectivity index (χ0) is 19.1. The molecule has 0 aliphatic carbocycles. The number of pyridine rings is 1. The van der Waals surface area contributed by atoms with Crippen molar-refractivity contribution < 1.29 is 18.4 Å². The van der Waals surface area contributed by atoms with Crippen molar-refractivity contribution in [1.82, 2.24) is 15.6 Å². The highest BCUT2D eigenvalue weighted by Crippen LogP contribution is 2.19. The molecule has 0 spiro atoms. The molecule has 1 aromatic carbocycles. The Hall–Kier alpha value is -3.68. The Morgan fingerprint density at radius 2 is 1.96 bits per heavy atom. The maximum absolute atomic E-state index is 13.3. The van der Waals surface area contributed by atoms with Crippen LogP contribution in [0.2, 0.25) is 0 Å². The Balaban J connectivity index is 1.58. The van der Waals surface area contributed by atoms with Gasteiger partial charge in [-0.1, -0.05) is 6.07 Å². The Labute approximate surface area is 154 Å². The number of carbonyl (C=O) groups excluding carboxylic acids is 2. The van der Waals surface area contributed by atoms with Crippen molar-refractivity contribution in [3.05, 3.63) is 78.1 Å². The molecule has 3 aromatic rings. The number of hydrogen-bond acceptors (Lipinski definition) is 5. The first-order chi connectivity index (χ1) is 13.1. The number of nitrogens with one attached hydrogen (secondary N) is 3. The first kappa shape index (κ1) is 18.1. The van der Waals surface area contributed by atoms with E-state index in [-0.39, 0.29) is 30.4 Å². The molecular weight excluding hydrogens is 351 g/mol. The number of rotatable bonds is 7. The molecule has 2 heterocycles. The van der Waals surface area contributed by atoms with E-state index in [1.807, 2.05) is 0 Å². The van der Waals surface area contributed by atoms with Crippen LogP contribution in [0.4, 0.5) is 15.9 Å². The molecule has 0 unspecified atom stereocenters. The van der Waals surface area contributed by atoms with Gasteiger partial charge < -0.3 is 20.4 Å². The van der Waals surface area contributed by atoms with Gasteiger partial charge in [-0.05, 0) is 42.5 Å². The summed E-state index contributed by atoms with van der Waals surface area (Å²) in [6.07, 6.45) is 3.02. The van der Waals surface area contributed by atoms with Gasteiger partial charge in [0.2, 0.25) is 5.91 Å². The number of hydrogen-bond donors (Lipinski definition) is 3. The molecule has 0 aliphatic heterocycles. The summed E-state index contributed by atoms with van der Waals surface area (Å²) in [6, 6.07) is 12.4. The third kappa shape index (κ3) is 5.15. The third-order valence-corrected chi connectivity index (χ3v) is 3.59. The topological polar surface area (TPSA) is 96.3 Å².